The molecule has 0 fully saturated rings. The summed E-state index contributed by atoms with van der Waals surface area (Å²) in [5, 5.41) is 9.52. The van der Waals surface area contributed by atoms with E-state index in [1.165, 1.54) is 12.1 Å². The second-order valence-corrected chi connectivity index (χ2v) is 8.19. The normalized spacial score (nSPS) is 11.5. The van der Waals surface area contributed by atoms with Crippen LogP contribution in [0, 0.1) is 0 Å². The van der Waals surface area contributed by atoms with Crippen molar-refractivity contribution in [3.8, 4) is 5.88 Å². The zero-order valence-corrected chi connectivity index (χ0v) is 19.9. The van der Waals surface area contributed by atoms with Gasteiger partial charge in [0.1, 0.15) is 0 Å². The number of fused-ring (bicyclic) bond motifs is 1. The maximum absolute atomic E-state index is 13.6. The van der Waals surface area contributed by atoms with E-state index in [1.54, 1.807) is 47.6 Å². The first-order valence-corrected chi connectivity index (χ1v) is 11.6. The zero-order valence-electron chi connectivity index (χ0n) is 19.9. The van der Waals surface area contributed by atoms with Crippen LogP contribution in [0.1, 0.15) is 40.5 Å². The molecule has 8 nitrogen and oxygen atoms in total. The number of carboxylic acid groups (broad SMARTS) is 1. The number of halogens is 3. The van der Waals surface area contributed by atoms with Gasteiger partial charge in [-0.2, -0.15) is 13.2 Å². The number of alkyl halides is 3. The quantitative estimate of drug-likeness (QED) is 0.291. The van der Waals surface area contributed by atoms with Gasteiger partial charge in [0, 0.05) is 25.5 Å². The van der Waals surface area contributed by atoms with Gasteiger partial charge < -0.3 is 14.7 Å². The van der Waals surface area contributed by atoms with E-state index in [4.69, 9.17) is 4.74 Å². The van der Waals surface area contributed by atoms with Crippen LogP contribution in [0.15, 0.2) is 60.9 Å². The summed E-state index contributed by atoms with van der Waals surface area (Å²) in [6.45, 7) is 2.18. The largest absolute Gasteiger partial charge is 0.476 e. The topological polar surface area (TPSA) is 101 Å². The SMILES string of the molecule is CCc1cnc(N(CCCOc2nc3ccccc3nc2C(=O)O)Cc2ccccc2C(F)(F)F)nc1. The third-order valence-electron chi connectivity index (χ3n) is 5.62. The molecule has 0 aliphatic rings. The van der Waals surface area contributed by atoms with Crippen LogP contribution in [0.3, 0.4) is 0 Å². The molecular formula is C26H24F3N5O3. The number of rotatable bonds is 10. The molecular weight excluding hydrogens is 487 g/mol. The first-order valence-electron chi connectivity index (χ1n) is 11.6. The van der Waals surface area contributed by atoms with Gasteiger partial charge in [-0.25, -0.2) is 24.7 Å². The average Bonchev–Trinajstić information content (AvgIpc) is 2.89. The number of hydrogen-bond donors (Lipinski definition) is 1. The highest BCUT2D eigenvalue weighted by molar-refractivity contribution is 5.90. The van der Waals surface area contributed by atoms with E-state index in [9.17, 15) is 23.1 Å². The van der Waals surface area contributed by atoms with Crippen LogP contribution in [0.2, 0.25) is 0 Å². The van der Waals surface area contributed by atoms with Crippen molar-refractivity contribution in [2.24, 2.45) is 0 Å². The van der Waals surface area contributed by atoms with Crippen molar-refractivity contribution in [2.75, 3.05) is 18.1 Å². The fraction of sp³-hybridized carbons (Fsp3) is 0.269. The molecule has 1 N–H and O–H groups in total. The Hall–Kier alpha value is -4.28. The van der Waals surface area contributed by atoms with Crippen LogP contribution in [-0.4, -0.2) is 44.2 Å². The van der Waals surface area contributed by atoms with E-state index < -0.39 is 17.7 Å². The minimum atomic E-state index is -4.50. The molecule has 4 rings (SSSR count). The third-order valence-corrected chi connectivity index (χ3v) is 5.62. The number of hydrogen-bond acceptors (Lipinski definition) is 7. The molecule has 0 aliphatic carbocycles. The van der Waals surface area contributed by atoms with E-state index in [0.29, 0.717) is 17.5 Å². The number of benzene rings is 2. The summed E-state index contributed by atoms with van der Waals surface area (Å²) in [4.78, 5) is 30.4. The standard InChI is InChI=1S/C26H24F3N5O3/c1-2-17-14-30-25(31-15-17)34(16-18-8-3-4-9-19(18)26(27,28)29)12-7-13-37-23-22(24(35)36)32-20-10-5-6-11-21(20)33-23/h3-6,8-11,14-15H,2,7,12-13,16H2,1H3,(H,35,36). The number of aromatic nitrogens is 4. The highest BCUT2D eigenvalue weighted by Gasteiger charge is 2.33. The molecule has 2 heterocycles. The van der Waals surface area contributed by atoms with Gasteiger partial charge in [0.05, 0.1) is 23.2 Å². The maximum atomic E-state index is 13.6. The van der Waals surface area contributed by atoms with E-state index in [2.05, 4.69) is 19.9 Å². The third kappa shape index (κ3) is 6.29. The Labute approximate surface area is 210 Å². The van der Waals surface area contributed by atoms with Crippen LogP contribution in [0.4, 0.5) is 19.1 Å². The number of para-hydroxylation sites is 2. The number of nitrogens with zero attached hydrogens (tertiary/aromatic N) is 5. The Morgan fingerprint density at radius 3 is 2.30 bits per heavy atom. The van der Waals surface area contributed by atoms with E-state index in [0.717, 1.165) is 18.1 Å². The number of carboxylic acids is 1. The summed E-state index contributed by atoms with van der Waals surface area (Å²) in [6.07, 6.45) is -0.152. The fourth-order valence-electron chi connectivity index (χ4n) is 3.73. The highest BCUT2D eigenvalue weighted by atomic mass is 19.4. The summed E-state index contributed by atoms with van der Waals surface area (Å²) in [6, 6.07) is 12.2. The minimum absolute atomic E-state index is 0.0533. The van der Waals surface area contributed by atoms with Crippen LogP contribution in [0.5, 0.6) is 5.88 Å². The van der Waals surface area contributed by atoms with Gasteiger partial charge in [-0.05, 0) is 42.2 Å². The Balaban J connectivity index is 1.52. The lowest BCUT2D eigenvalue weighted by Crippen LogP contribution is -2.28. The van der Waals surface area contributed by atoms with Gasteiger partial charge in [-0.15, -0.1) is 0 Å². The van der Waals surface area contributed by atoms with E-state index in [-0.39, 0.29) is 42.8 Å². The molecule has 2 aromatic carbocycles. The number of aryl methyl sites for hydroxylation is 1. The molecule has 37 heavy (non-hydrogen) atoms. The fourth-order valence-corrected chi connectivity index (χ4v) is 3.73. The first kappa shape index (κ1) is 25.8. The summed E-state index contributed by atoms with van der Waals surface area (Å²) >= 11 is 0. The Kier molecular flexibility index (Phi) is 7.80. The van der Waals surface area contributed by atoms with Gasteiger partial charge >= 0.3 is 12.1 Å². The zero-order chi connectivity index (χ0) is 26.4. The molecule has 0 amide bonds. The minimum Gasteiger partial charge on any atom is -0.476 e. The van der Waals surface area contributed by atoms with Crippen molar-refractivity contribution in [1.82, 2.24) is 19.9 Å². The van der Waals surface area contributed by atoms with Gasteiger partial charge in [0.25, 0.3) is 0 Å². The van der Waals surface area contributed by atoms with Crippen molar-refractivity contribution in [3.05, 3.63) is 83.3 Å². The van der Waals surface area contributed by atoms with E-state index >= 15 is 0 Å². The molecule has 2 aromatic heterocycles. The predicted molar refractivity (Wildman–Crippen MR) is 131 cm³/mol. The monoisotopic (exact) mass is 511 g/mol. The average molecular weight is 512 g/mol. The number of anilines is 1. The summed E-state index contributed by atoms with van der Waals surface area (Å²) in [5.74, 6) is -1.11. The molecule has 11 heteroatoms. The molecule has 0 saturated carbocycles. The van der Waals surface area contributed by atoms with E-state index in [1.807, 2.05) is 6.92 Å². The summed E-state index contributed by atoms with van der Waals surface area (Å²) in [7, 11) is 0. The van der Waals surface area contributed by atoms with Crippen molar-refractivity contribution >= 4 is 23.0 Å². The smallest absolute Gasteiger partial charge is 0.416 e. The lowest BCUT2D eigenvalue weighted by molar-refractivity contribution is -0.138. The lowest BCUT2D eigenvalue weighted by Gasteiger charge is -2.24. The molecule has 192 valence electrons. The Morgan fingerprint density at radius 1 is 1.00 bits per heavy atom. The molecule has 4 aromatic rings. The highest BCUT2D eigenvalue weighted by Crippen LogP contribution is 2.32. The predicted octanol–water partition coefficient (Wildman–Crippen LogP) is 5.17. The molecule has 0 spiro atoms. The van der Waals surface area contributed by atoms with Crippen LogP contribution in [0.25, 0.3) is 11.0 Å². The van der Waals surface area contributed by atoms with Crippen LogP contribution >= 0.6 is 0 Å². The molecule has 0 radical (unpaired) electrons. The van der Waals surface area contributed by atoms with Crippen LogP contribution < -0.4 is 9.64 Å². The molecule has 0 aliphatic heterocycles. The second kappa shape index (κ2) is 11.2. The van der Waals surface area contributed by atoms with Crippen molar-refractivity contribution in [3.63, 3.8) is 0 Å². The molecule has 0 bridgehead atoms. The van der Waals surface area contributed by atoms with Gasteiger partial charge in [0.15, 0.2) is 0 Å². The molecule has 0 atom stereocenters. The van der Waals surface area contributed by atoms with Gasteiger partial charge in [-0.3, -0.25) is 0 Å². The molecule has 0 saturated heterocycles. The van der Waals surface area contributed by atoms with Crippen LogP contribution in [-0.2, 0) is 19.1 Å². The van der Waals surface area contributed by atoms with Crippen molar-refractivity contribution in [1.29, 1.82) is 0 Å². The Bertz CT molecular complexity index is 1380. The van der Waals surface area contributed by atoms with Gasteiger partial charge in [-0.1, -0.05) is 37.3 Å². The first-order chi connectivity index (χ1) is 17.8. The Morgan fingerprint density at radius 2 is 1.65 bits per heavy atom. The number of aromatic carboxylic acids is 1. The van der Waals surface area contributed by atoms with Crippen molar-refractivity contribution in [2.45, 2.75) is 32.5 Å². The summed E-state index contributed by atoms with van der Waals surface area (Å²) < 4.78 is 46.4. The number of ether oxygens (including phenoxy) is 1. The number of carbonyl (C=O) groups is 1. The van der Waals surface area contributed by atoms with Crippen molar-refractivity contribution < 1.29 is 27.8 Å². The second-order valence-electron chi connectivity index (χ2n) is 8.19. The van der Waals surface area contributed by atoms with Gasteiger partial charge in [0.2, 0.25) is 17.5 Å². The lowest BCUT2D eigenvalue weighted by atomic mass is 10.1. The maximum Gasteiger partial charge on any atom is 0.416 e. The summed E-state index contributed by atoms with van der Waals surface area (Å²) in [5.41, 5.74) is 0.866. The molecule has 0 unspecified atom stereocenters.